The number of para-hydroxylation sites is 2. The van der Waals surface area contributed by atoms with Crippen LogP contribution in [0.2, 0.25) is 0 Å². The summed E-state index contributed by atoms with van der Waals surface area (Å²) >= 11 is 0. The van der Waals surface area contributed by atoms with E-state index in [-0.39, 0.29) is 44.5 Å². The Kier molecular flexibility index (Phi) is 4.13. The van der Waals surface area contributed by atoms with E-state index in [4.69, 9.17) is 10.2 Å². The number of benzene rings is 1. The summed E-state index contributed by atoms with van der Waals surface area (Å²) in [6, 6.07) is 7.10. The normalized spacial score (nSPS) is 13.6. The van der Waals surface area contributed by atoms with Gasteiger partial charge in [-0.2, -0.15) is 0 Å². The minimum atomic E-state index is -0.228. The third-order valence-electron chi connectivity index (χ3n) is 3.00. The molecule has 1 aliphatic rings. The fourth-order valence-corrected chi connectivity index (χ4v) is 2.10. The zero-order chi connectivity index (χ0) is 13.8. The Morgan fingerprint density at radius 1 is 0.947 bits per heavy atom. The SMILES string of the molecule is O=C(CCO)N1CN(C(=O)CCO)c2ccccc21. The first-order valence-electron chi connectivity index (χ1n) is 6.10. The second-order valence-electron chi connectivity index (χ2n) is 4.22. The minimum absolute atomic E-state index is 0.0242. The van der Waals surface area contributed by atoms with Crippen molar-refractivity contribution >= 4 is 23.2 Å². The minimum Gasteiger partial charge on any atom is -0.396 e. The first-order chi connectivity index (χ1) is 9.19. The standard InChI is InChI=1S/C13H16N2O4/c16-7-5-12(18)14-9-15(13(19)6-8-17)11-4-2-1-3-10(11)14/h1-4,16-17H,5-9H2. The molecule has 0 fully saturated rings. The molecule has 1 aromatic carbocycles. The monoisotopic (exact) mass is 264 g/mol. The first-order valence-corrected chi connectivity index (χ1v) is 6.10. The molecule has 6 nitrogen and oxygen atoms in total. The molecule has 0 radical (unpaired) electrons. The fourth-order valence-electron chi connectivity index (χ4n) is 2.10. The molecule has 2 N–H and O–H groups in total. The van der Waals surface area contributed by atoms with Crippen molar-refractivity contribution < 1.29 is 19.8 Å². The molecule has 1 aromatic rings. The number of aliphatic hydroxyl groups is 2. The quantitative estimate of drug-likeness (QED) is 0.807. The van der Waals surface area contributed by atoms with Gasteiger partial charge in [-0.25, -0.2) is 0 Å². The van der Waals surface area contributed by atoms with Gasteiger partial charge < -0.3 is 10.2 Å². The van der Waals surface area contributed by atoms with Gasteiger partial charge in [0.25, 0.3) is 0 Å². The number of anilines is 2. The third kappa shape index (κ3) is 2.59. The smallest absolute Gasteiger partial charge is 0.230 e. The maximum absolute atomic E-state index is 11.9. The summed E-state index contributed by atoms with van der Waals surface area (Å²) in [5.74, 6) is -0.455. The van der Waals surface area contributed by atoms with Gasteiger partial charge >= 0.3 is 0 Å². The Morgan fingerprint density at radius 2 is 1.37 bits per heavy atom. The third-order valence-corrected chi connectivity index (χ3v) is 3.00. The molecule has 0 bridgehead atoms. The fraction of sp³-hybridized carbons (Fsp3) is 0.385. The molecule has 102 valence electrons. The van der Waals surface area contributed by atoms with E-state index in [0.29, 0.717) is 11.4 Å². The van der Waals surface area contributed by atoms with E-state index in [1.54, 1.807) is 24.3 Å². The number of hydrogen-bond acceptors (Lipinski definition) is 4. The second kappa shape index (κ2) is 5.81. The Balaban J connectivity index is 2.28. The zero-order valence-corrected chi connectivity index (χ0v) is 10.5. The lowest BCUT2D eigenvalue weighted by Gasteiger charge is -2.18. The van der Waals surface area contributed by atoms with Crippen LogP contribution < -0.4 is 9.80 Å². The van der Waals surface area contributed by atoms with E-state index in [1.165, 1.54) is 9.80 Å². The molecule has 1 heterocycles. The van der Waals surface area contributed by atoms with Crippen LogP contribution in [0.25, 0.3) is 0 Å². The van der Waals surface area contributed by atoms with Gasteiger partial charge in [0.05, 0.1) is 37.4 Å². The molecule has 19 heavy (non-hydrogen) atoms. The summed E-state index contributed by atoms with van der Waals surface area (Å²) in [6.07, 6.45) is 0.0483. The molecule has 0 atom stereocenters. The molecule has 6 heteroatoms. The van der Waals surface area contributed by atoms with Gasteiger partial charge in [-0.15, -0.1) is 0 Å². The maximum Gasteiger partial charge on any atom is 0.230 e. The summed E-state index contributed by atoms with van der Waals surface area (Å²) in [6.45, 7) is -0.304. The van der Waals surface area contributed by atoms with E-state index in [1.807, 2.05) is 0 Å². The number of hydrogen-bond donors (Lipinski definition) is 2. The molecule has 0 saturated heterocycles. The topological polar surface area (TPSA) is 81.1 Å². The number of carbonyl (C=O) groups excluding carboxylic acids is 2. The van der Waals surface area contributed by atoms with Crippen LogP contribution in [0.1, 0.15) is 12.8 Å². The summed E-state index contributed by atoms with van der Waals surface area (Å²) < 4.78 is 0. The Bertz CT molecular complexity index is 446. The number of fused-ring (bicyclic) bond motifs is 1. The summed E-state index contributed by atoms with van der Waals surface area (Å²) in [4.78, 5) is 26.8. The van der Waals surface area contributed by atoms with Gasteiger partial charge in [-0.1, -0.05) is 12.1 Å². The van der Waals surface area contributed by atoms with Crippen LogP contribution in [0, 0.1) is 0 Å². The highest BCUT2D eigenvalue weighted by Gasteiger charge is 2.32. The van der Waals surface area contributed by atoms with Crippen molar-refractivity contribution in [1.82, 2.24) is 0 Å². The van der Waals surface area contributed by atoms with Crippen molar-refractivity contribution in [2.75, 3.05) is 29.7 Å². The van der Waals surface area contributed by atoms with E-state index in [0.717, 1.165) is 0 Å². The molecule has 2 amide bonds. The van der Waals surface area contributed by atoms with Gasteiger partial charge in [-0.3, -0.25) is 19.4 Å². The first kappa shape index (κ1) is 13.5. The lowest BCUT2D eigenvalue weighted by atomic mass is 10.2. The highest BCUT2D eigenvalue weighted by molar-refractivity contribution is 6.07. The number of aliphatic hydroxyl groups excluding tert-OH is 2. The maximum atomic E-state index is 11.9. The molecule has 0 unspecified atom stereocenters. The predicted octanol–water partition coefficient (Wildman–Crippen LogP) is 0.0885. The molecule has 0 spiro atoms. The van der Waals surface area contributed by atoms with Crippen LogP contribution in [0.5, 0.6) is 0 Å². The zero-order valence-electron chi connectivity index (χ0n) is 10.5. The van der Waals surface area contributed by atoms with Gasteiger partial charge in [0.2, 0.25) is 11.8 Å². The Labute approximate surface area is 110 Å². The Hall–Kier alpha value is -1.92. The molecular formula is C13H16N2O4. The number of nitrogens with zero attached hydrogens (tertiary/aromatic N) is 2. The average Bonchev–Trinajstić information content (AvgIpc) is 2.79. The van der Waals surface area contributed by atoms with E-state index >= 15 is 0 Å². The van der Waals surface area contributed by atoms with Crippen LogP contribution in [0.4, 0.5) is 11.4 Å². The largest absolute Gasteiger partial charge is 0.396 e. The van der Waals surface area contributed by atoms with E-state index in [9.17, 15) is 9.59 Å². The Morgan fingerprint density at radius 3 is 1.74 bits per heavy atom. The van der Waals surface area contributed by atoms with Crippen molar-refractivity contribution in [2.24, 2.45) is 0 Å². The highest BCUT2D eigenvalue weighted by atomic mass is 16.3. The van der Waals surface area contributed by atoms with Crippen LogP contribution in [-0.2, 0) is 9.59 Å². The van der Waals surface area contributed by atoms with Crippen LogP contribution >= 0.6 is 0 Å². The van der Waals surface area contributed by atoms with Crippen molar-refractivity contribution in [3.05, 3.63) is 24.3 Å². The van der Waals surface area contributed by atoms with Gasteiger partial charge in [0.1, 0.15) is 6.67 Å². The summed E-state index contributed by atoms with van der Waals surface area (Å²) in [5.41, 5.74) is 1.32. The van der Waals surface area contributed by atoms with Gasteiger partial charge in [-0.05, 0) is 12.1 Å². The molecule has 0 saturated carbocycles. The van der Waals surface area contributed by atoms with Crippen LogP contribution in [-0.4, -0.2) is 41.9 Å². The molecule has 0 aromatic heterocycles. The summed E-state index contributed by atoms with van der Waals surface area (Å²) in [7, 11) is 0. The lowest BCUT2D eigenvalue weighted by molar-refractivity contribution is -0.119. The van der Waals surface area contributed by atoms with Crippen molar-refractivity contribution in [2.45, 2.75) is 12.8 Å². The molecule has 1 aliphatic heterocycles. The lowest BCUT2D eigenvalue weighted by Crippen LogP contribution is -2.39. The van der Waals surface area contributed by atoms with Gasteiger partial charge in [0.15, 0.2) is 0 Å². The number of amides is 2. The van der Waals surface area contributed by atoms with Crippen LogP contribution in [0.3, 0.4) is 0 Å². The molecule has 0 aliphatic carbocycles. The second-order valence-corrected chi connectivity index (χ2v) is 4.22. The van der Waals surface area contributed by atoms with Crippen molar-refractivity contribution in [1.29, 1.82) is 0 Å². The van der Waals surface area contributed by atoms with E-state index in [2.05, 4.69) is 0 Å². The average molecular weight is 264 g/mol. The van der Waals surface area contributed by atoms with Crippen molar-refractivity contribution in [3.8, 4) is 0 Å². The molecular weight excluding hydrogens is 248 g/mol. The van der Waals surface area contributed by atoms with E-state index < -0.39 is 0 Å². The predicted molar refractivity (Wildman–Crippen MR) is 69.7 cm³/mol. The van der Waals surface area contributed by atoms with Crippen LogP contribution in [0.15, 0.2) is 24.3 Å². The number of rotatable bonds is 4. The van der Waals surface area contributed by atoms with Crippen molar-refractivity contribution in [3.63, 3.8) is 0 Å². The number of carbonyl (C=O) groups is 2. The van der Waals surface area contributed by atoms with Gasteiger partial charge in [0, 0.05) is 0 Å². The highest BCUT2D eigenvalue weighted by Crippen LogP contribution is 2.36. The summed E-state index contributed by atoms with van der Waals surface area (Å²) in [5, 5.41) is 17.7. The molecule has 2 rings (SSSR count).